The van der Waals surface area contributed by atoms with Crippen LogP contribution < -0.4 is 11.1 Å². The summed E-state index contributed by atoms with van der Waals surface area (Å²) in [7, 11) is 0. The fourth-order valence-electron chi connectivity index (χ4n) is 3.22. The fraction of sp³-hybridized carbons (Fsp3) is 0.579. The Labute approximate surface area is 156 Å². The second-order valence-electron chi connectivity index (χ2n) is 6.69. The lowest BCUT2D eigenvalue weighted by molar-refractivity contribution is -0.121. The molecule has 1 aromatic rings. The summed E-state index contributed by atoms with van der Waals surface area (Å²) < 4.78 is 0. The average Bonchev–Trinajstić information content (AvgIpc) is 3.03. The number of halogens is 1. The summed E-state index contributed by atoms with van der Waals surface area (Å²) in [6.45, 7) is 5.67. The molecule has 2 amide bonds. The van der Waals surface area contributed by atoms with Crippen molar-refractivity contribution in [3.63, 3.8) is 0 Å². The lowest BCUT2D eigenvalue weighted by Crippen LogP contribution is -2.48. The van der Waals surface area contributed by atoms with Gasteiger partial charge in [-0.25, -0.2) is 0 Å². The van der Waals surface area contributed by atoms with Crippen molar-refractivity contribution in [1.29, 1.82) is 0 Å². The third-order valence-corrected chi connectivity index (χ3v) is 4.61. The zero-order chi connectivity index (χ0) is 17.6. The molecule has 2 rings (SSSR count). The van der Waals surface area contributed by atoms with Crippen molar-refractivity contribution in [2.24, 2.45) is 5.73 Å². The van der Waals surface area contributed by atoms with Crippen molar-refractivity contribution < 1.29 is 9.59 Å². The maximum atomic E-state index is 12.5. The molecule has 1 fully saturated rings. The number of carbonyl (C=O) groups excluding carboxylic acids is 2. The monoisotopic (exact) mass is 367 g/mol. The van der Waals surface area contributed by atoms with Crippen LogP contribution in [0.2, 0.25) is 0 Å². The average molecular weight is 368 g/mol. The van der Waals surface area contributed by atoms with E-state index in [0.717, 1.165) is 51.6 Å². The van der Waals surface area contributed by atoms with Crippen molar-refractivity contribution in [3.05, 3.63) is 29.8 Å². The SMILES string of the molecule is CCCN(CCC)C(=O)c1ccc(NC(=O)C2(N)CCCC2)cc1.Cl. The second-order valence-corrected chi connectivity index (χ2v) is 6.69. The van der Waals surface area contributed by atoms with Gasteiger partial charge in [0.25, 0.3) is 5.91 Å². The Morgan fingerprint density at radius 1 is 1.08 bits per heavy atom. The van der Waals surface area contributed by atoms with E-state index in [0.29, 0.717) is 11.3 Å². The Kier molecular flexibility index (Phi) is 8.39. The molecule has 0 aliphatic heterocycles. The van der Waals surface area contributed by atoms with Gasteiger partial charge in [0.05, 0.1) is 5.54 Å². The second kappa shape index (κ2) is 9.78. The van der Waals surface area contributed by atoms with E-state index < -0.39 is 5.54 Å². The van der Waals surface area contributed by atoms with Gasteiger partial charge in [0, 0.05) is 24.3 Å². The zero-order valence-corrected chi connectivity index (χ0v) is 16.0. The van der Waals surface area contributed by atoms with E-state index >= 15 is 0 Å². The third-order valence-electron chi connectivity index (χ3n) is 4.61. The van der Waals surface area contributed by atoms with Crippen LogP contribution in [0, 0.1) is 0 Å². The summed E-state index contributed by atoms with van der Waals surface area (Å²) in [5.41, 5.74) is 6.76. The minimum absolute atomic E-state index is 0. The molecule has 0 atom stereocenters. The van der Waals surface area contributed by atoms with Crippen LogP contribution in [0.5, 0.6) is 0 Å². The summed E-state index contributed by atoms with van der Waals surface area (Å²) in [6, 6.07) is 7.10. The van der Waals surface area contributed by atoms with Crippen LogP contribution >= 0.6 is 12.4 Å². The van der Waals surface area contributed by atoms with Gasteiger partial charge in [-0.1, -0.05) is 26.7 Å². The highest BCUT2D eigenvalue weighted by molar-refractivity contribution is 5.99. The summed E-state index contributed by atoms with van der Waals surface area (Å²) in [5, 5.41) is 2.88. The molecule has 0 unspecified atom stereocenters. The molecule has 1 aromatic carbocycles. The number of nitrogens with one attached hydrogen (secondary N) is 1. The molecule has 1 aliphatic carbocycles. The maximum Gasteiger partial charge on any atom is 0.253 e. The standard InChI is InChI=1S/C19H29N3O2.ClH/c1-3-13-22(14-4-2)17(23)15-7-9-16(10-8-15)21-18(24)19(20)11-5-6-12-19;/h7-10H,3-6,11-14,20H2,1-2H3,(H,21,24);1H. The molecule has 0 spiro atoms. The number of nitrogens with two attached hydrogens (primary N) is 1. The van der Waals surface area contributed by atoms with Crippen LogP contribution in [0.15, 0.2) is 24.3 Å². The predicted octanol–water partition coefficient (Wildman–Crippen LogP) is 3.58. The topological polar surface area (TPSA) is 75.4 Å². The van der Waals surface area contributed by atoms with Crippen molar-refractivity contribution in [3.8, 4) is 0 Å². The van der Waals surface area contributed by atoms with Crippen LogP contribution in [0.4, 0.5) is 5.69 Å². The van der Waals surface area contributed by atoms with Gasteiger partial charge in [-0.05, 0) is 49.9 Å². The van der Waals surface area contributed by atoms with Crippen LogP contribution in [0.3, 0.4) is 0 Å². The lowest BCUT2D eigenvalue weighted by Gasteiger charge is -2.23. The van der Waals surface area contributed by atoms with E-state index in [2.05, 4.69) is 19.2 Å². The van der Waals surface area contributed by atoms with Gasteiger partial charge in [-0.2, -0.15) is 0 Å². The quantitative estimate of drug-likeness (QED) is 0.773. The summed E-state index contributed by atoms with van der Waals surface area (Å²) in [6.07, 6.45) is 5.36. The number of rotatable bonds is 7. The normalized spacial score (nSPS) is 15.3. The van der Waals surface area contributed by atoms with Gasteiger partial charge >= 0.3 is 0 Å². The molecule has 140 valence electrons. The van der Waals surface area contributed by atoms with E-state index in [9.17, 15) is 9.59 Å². The molecule has 0 aromatic heterocycles. The highest BCUT2D eigenvalue weighted by Gasteiger charge is 2.36. The molecule has 0 heterocycles. The van der Waals surface area contributed by atoms with Crippen molar-refractivity contribution in [1.82, 2.24) is 4.90 Å². The number of nitrogens with zero attached hydrogens (tertiary/aromatic N) is 1. The molecule has 3 N–H and O–H groups in total. The zero-order valence-electron chi connectivity index (χ0n) is 15.2. The Morgan fingerprint density at radius 3 is 2.08 bits per heavy atom. The molecule has 1 aliphatic rings. The number of benzene rings is 1. The number of amides is 2. The van der Waals surface area contributed by atoms with Crippen molar-refractivity contribution in [2.45, 2.75) is 57.9 Å². The Bertz CT molecular complexity index is 563. The molecular weight excluding hydrogens is 338 g/mol. The van der Waals surface area contributed by atoms with Crippen LogP contribution in [0.1, 0.15) is 62.7 Å². The third kappa shape index (κ3) is 5.44. The summed E-state index contributed by atoms with van der Waals surface area (Å²) in [4.78, 5) is 26.7. The number of hydrogen-bond acceptors (Lipinski definition) is 3. The molecule has 1 saturated carbocycles. The number of hydrogen-bond donors (Lipinski definition) is 2. The highest BCUT2D eigenvalue weighted by atomic mass is 35.5. The Morgan fingerprint density at radius 2 is 1.60 bits per heavy atom. The van der Waals surface area contributed by atoms with Crippen molar-refractivity contribution in [2.75, 3.05) is 18.4 Å². The maximum absolute atomic E-state index is 12.5. The first-order valence-corrected chi connectivity index (χ1v) is 9.00. The summed E-state index contributed by atoms with van der Waals surface area (Å²) >= 11 is 0. The van der Waals surface area contributed by atoms with Crippen LogP contribution in [-0.4, -0.2) is 35.3 Å². The van der Waals surface area contributed by atoms with Crippen LogP contribution in [-0.2, 0) is 4.79 Å². The van der Waals surface area contributed by atoms with Gasteiger partial charge in [0.1, 0.15) is 0 Å². The van der Waals surface area contributed by atoms with Gasteiger partial charge in [-0.15, -0.1) is 12.4 Å². The lowest BCUT2D eigenvalue weighted by atomic mass is 9.98. The van der Waals surface area contributed by atoms with E-state index in [1.165, 1.54) is 0 Å². The first-order valence-electron chi connectivity index (χ1n) is 9.00. The number of anilines is 1. The largest absolute Gasteiger partial charge is 0.339 e. The first-order chi connectivity index (χ1) is 11.5. The molecule has 0 bridgehead atoms. The predicted molar refractivity (Wildman–Crippen MR) is 104 cm³/mol. The van der Waals surface area contributed by atoms with Gasteiger partial charge in [0.15, 0.2) is 0 Å². The van der Waals surface area contributed by atoms with Crippen LogP contribution in [0.25, 0.3) is 0 Å². The minimum atomic E-state index is -0.743. The highest BCUT2D eigenvalue weighted by Crippen LogP contribution is 2.28. The minimum Gasteiger partial charge on any atom is -0.339 e. The van der Waals surface area contributed by atoms with Gasteiger partial charge in [-0.3, -0.25) is 9.59 Å². The smallest absolute Gasteiger partial charge is 0.253 e. The molecule has 6 heteroatoms. The Balaban J connectivity index is 0.00000312. The fourth-order valence-corrected chi connectivity index (χ4v) is 3.22. The van der Waals surface area contributed by atoms with Crippen molar-refractivity contribution >= 4 is 29.9 Å². The van der Waals surface area contributed by atoms with Gasteiger partial charge < -0.3 is 16.0 Å². The molecule has 5 nitrogen and oxygen atoms in total. The molecular formula is C19H30ClN3O2. The molecule has 0 saturated heterocycles. The van der Waals surface area contributed by atoms with Gasteiger partial charge in [0.2, 0.25) is 5.91 Å². The van der Waals surface area contributed by atoms with E-state index in [4.69, 9.17) is 5.73 Å². The molecule has 25 heavy (non-hydrogen) atoms. The molecule has 0 radical (unpaired) electrons. The summed E-state index contributed by atoms with van der Waals surface area (Å²) in [5.74, 6) is -0.0830. The van der Waals surface area contributed by atoms with E-state index in [1.54, 1.807) is 24.3 Å². The number of carbonyl (C=O) groups is 2. The van der Waals surface area contributed by atoms with E-state index in [1.807, 2.05) is 4.90 Å². The Hall–Kier alpha value is -1.59. The first kappa shape index (κ1) is 21.5. The van der Waals surface area contributed by atoms with E-state index in [-0.39, 0.29) is 24.2 Å².